The van der Waals surface area contributed by atoms with Gasteiger partial charge in [-0.2, -0.15) is 0 Å². The molecule has 0 aliphatic rings. The van der Waals surface area contributed by atoms with Gasteiger partial charge >= 0.3 is 0 Å². The molecule has 0 aromatic heterocycles. The molecule has 0 saturated carbocycles. The Morgan fingerprint density at radius 3 is 2.50 bits per heavy atom. The minimum Gasteiger partial charge on any atom is -0.492 e. The van der Waals surface area contributed by atoms with E-state index in [1.165, 1.54) is 0 Å². The molecule has 0 amide bonds. The summed E-state index contributed by atoms with van der Waals surface area (Å²) in [7, 11) is 2.00. The summed E-state index contributed by atoms with van der Waals surface area (Å²) in [6.07, 6.45) is 0.579. The third-order valence-electron chi connectivity index (χ3n) is 2.36. The molecule has 22 heavy (non-hydrogen) atoms. The Kier molecular flexibility index (Phi) is 17.6. The number of nitrogens with two attached hydrogens (primary N) is 1. The Morgan fingerprint density at radius 1 is 1.23 bits per heavy atom. The maximum atomic E-state index is 10.2. The highest BCUT2D eigenvalue weighted by atomic mass is 16.5. The number of carbonyl (C=O) groups is 1. The molecular weight excluding hydrogens is 276 g/mol. The van der Waals surface area contributed by atoms with Gasteiger partial charge in [-0.3, -0.25) is 4.79 Å². The summed E-state index contributed by atoms with van der Waals surface area (Å²) in [5.41, 5.74) is 6.23. The number of rotatable bonds is 6. The highest BCUT2D eigenvalue weighted by molar-refractivity contribution is 5.74. The zero-order valence-electron chi connectivity index (χ0n) is 14.6. The van der Waals surface area contributed by atoms with Crippen LogP contribution in [-0.2, 0) is 4.79 Å². The Morgan fingerprint density at radius 2 is 1.91 bits per heavy atom. The van der Waals surface area contributed by atoms with E-state index in [2.05, 4.69) is 16.7 Å². The maximum absolute atomic E-state index is 10.2. The number of hydrogen-bond donors (Lipinski definition) is 1. The molecule has 2 N–H and O–H groups in total. The first-order valence-corrected chi connectivity index (χ1v) is 7.83. The molecule has 4 heteroatoms. The van der Waals surface area contributed by atoms with Crippen molar-refractivity contribution in [2.45, 2.75) is 27.7 Å². The van der Waals surface area contributed by atoms with Crippen LogP contribution in [-0.4, -0.2) is 44.5 Å². The van der Waals surface area contributed by atoms with Crippen molar-refractivity contribution >= 4 is 6.29 Å². The number of hydrogen-bond acceptors (Lipinski definition) is 4. The molecule has 0 bridgehead atoms. The van der Waals surface area contributed by atoms with Crippen LogP contribution in [0.1, 0.15) is 33.3 Å². The van der Waals surface area contributed by atoms with Crippen molar-refractivity contribution in [2.75, 3.05) is 33.3 Å². The third-order valence-corrected chi connectivity index (χ3v) is 2.36. The summed E-state index contributed by atoms with van der Waals surface area (Å²) in [5, 5.41) is 0. The van der Waals surface area contributed by atoms with E-state index in [-0.39, 0.29) is 0 Å². The average molecular weight is 306 g/mol. The van der Waals surface area contributed by atoms with E-state index >= 15 is 0 Å². The Hall–Kier alpha value is -1.83. The van der Waals surface area contributed by atoms with Gasteiger partial charge in [0.2, 0.25) is 0 Å². The highest BCUT2D eigenvalue weighted by Gasteiger charge is 1.98. The third kappa shape index (κ3) is 12.0. The predicted octanol–water partition coefficient (Wildman–Crippen LogP) is 2.56. The standard InChI is InChI=1S/C14H18N2O2.2C2H6/c1-16(8-7-15)9-11-18-14-6-2-4-13(12-14)5-3-10-17;2*1-2/h2,4,6,10,12H,7-9,11,15H2,1H3;2*1-2H3. The topological polar surface area (TPSA) is 55.6 Å². The number of nitrogens with zero attached hydrogens (tertiary/aromatic N) is 1. The number of carbonyl (C=O) groups excluding carboxylic acids is 1. The average Bonchev–Trinajstić information content (AvgIpc) is 2.57. The summed E-state index contributed by atoms with van der Waals surface area (Å²) >= 11 is 0. The monoisotopic (exact) mass is 306 g/mol. The van der Waals surface area contributed by atoms with Gasteiger partial charge in [0.1, 0.15) is 12.4 Å². The normalized spacial score (nSPS) is 8.50. The van der Waals surface area contributed by atoms with Crippen LogP contribution >= 0.6 is 0 Å². The maximum Gasteiger partial charge on any atom is 0.193 e. The van der Waals surface area contributed by atoms with Crippen LogP contribution in [0, 0.1) is 11.8 Å². The Labute approximate surface area is 135 Å². The van der Waals surface area contributed by atoms with Crippen LogP contribution in [0.25, 0.3) is 0 Å². The molecule has 0 atom stereocenters. The summed E-state index contributed by atoms with van der Waals surface area (Å²) < 4.78 is 5.61. The first-order valence-electron chi connectivity index (χ1n) is 7.83. The van der Waals surface area contributed by atoms with Crippen molar-refractivity contribution in [3.05, 3.63) is 29.8 Å². The number of likely N-dealkylation sites (N-methyl/N-ethyl adjacent to an activating group) is 1. The molecule has 4 nitrogen and oxygen atoms in total. The van der Waals surface area contributed by atoms with Gasteiger partial charge in [0.05, 0.1) is 0 Å². The first-order chi connectivity index (χ1) is 10.8. The van der Waals surface area contributed by atoms with Crippen LogP contribution in [0.3, 0.4) is 0 Å². The van der Waals surface area contributed by atoms with Crippen molar-refractivity contribution in [2.24, 2.45) is 5.73 Å². The van der Waals surface area contributed by atoms with Crippen molar-refractivity contribution in [3.63, 3.8) is 0 Å². The fourth-order valence-corrected chi connectivity index (χ4v) is 1.43. The van der Waals surface area contributed by atoms with Gasteiger partial charge in [-0.05, 0) is 31.2 Å². The lowest BCUT2D eigenvalue weighted by Gasteiger charge is -2.15. The highest BCUT2D eigenvalue weighted by Crippen LogP contribution is 2.12. The van der Waals surface area contributed by atoms with Crippen molar-refractivity contribution in [3.8, 4) is 17.6 Å². The zero-order chi connectivity index (χ0) is 17.2. The van der Waals surface area contributed by atoms with Crippen LogP contribution in [0.15, 0.2) is 24.3 Å². The molecule has 1 aromatic carbocycles. The van der Waals surface area contributed by atoms with E-state index in [0.717, 1.165) is 24.4 Å². The predicted molar refractivity (Wildman–Crippen MR) is 94.1 cm³/mol. The molecule has 1 aromatic rings. The molecule has 0 unspecified atom stereocenters. The minimum atomic E-state index is 0.579. The van der Waals surface area contributed by atoms with E-state index < -0.39 is 0 Å². The molecule has 0 radical (unpaired) electrons. The van der Waals surface area contributed by atoms with Crippen LogP contribution < -0.4 is 10.5 Å². The van der Waals surface area contributed by atoms with Gasteiger partial charge in [0.15, 0.2) is 6.29 Å². The lowest BCUT2D eigenvalue weighted by Crippen LogP contribution is -2.29. The van der Waals surface area contributed by atoms with Gasteiger partial charge in [0, 0.05) is 25.2 Å². The van der Waals surface area contributed by atoms with E-state index in [1.807, 2.05) is 59.0 Å². The Balaban J connectivity index is 0. The molecule has 0 aliphatic heterocycles. The number of ether oxygens (including phenoxy) is 1. The number of benzene rings is 1. The largest absolute Gasteiger partial charge is 0.492 e. The first kappa shape index (κ1) is 22.5. The molecule has 0 fully saturated rings. The minimum absolute atomic E-state index is 0.579. The Bertz CT molecular complexity index is 436. The second-order valence-corrected chi connectivity index (χ2v) is 3.86. The van der Waals surface area contributed by atoms with E-state index in [9.17, 15) is 4.79 Å². The number of aldehydes is 1. The smallest absolute Gasteiger partial charge is 0.193 e. The molecule has 124 valence electrons. The lowest BCUT2D eigenvalue weighted by molar-refractivity contribution is -0.103. The second kappa shape index (κ2) is 17.2. The molecule has 0 spiro atoms. The SMILES string of the molecule is CC.CC.CN(CCN)CCOc1cccc(C#CC=O)c1. The van der Waals surface area contributed by atoms with Crippen LogP contribution in [0.2, 0.25) is 0 Å². The summed E-state index contributed by atoms with van der Waals surface area (Å²) in [6.45, 7) is 10.9. The van der Waals surface area contributed by atoms with Gasteiger partial charge < -0.3 is 15.4 Å². The van der Waals surface area contributed by atoms with Crippen molar-refractivity contribution in [1.29, 1.82) is 0 Å². The molecule has 1 rings (SSSR count). The molecule has 0 heterocycles. The van der Waals surface area contributed by atoms with Crippen molar-refractivity contribution in [1.82, 2.24) is 4.90 Å². The summed E-state index contributed by atoms with van der Waals surface area (Å²) in [5.74, 6) is 5.86. The van der Waals surface area contributed by atoms with E-state index in [0.29, 0.717) is 19.4 Å². The van der Waals surface area contributed by atoms with Gasteiger partial charge in [0.25, 0.3) is 0 Å². The van der Waals surface area contributed by atoms with E-state index in [1.54, 1.807) is 0 Å². The molecule has 0 aliphatic carbocycles. The lowest BCUT2D eigenvalue weighted by atomic mass is 10.2. The van der Waals surface area contributed by atoms with Gasteiger partial charge in [-0.1, -0.05) is 39.7 Å². The zero-order valence-corrected chi connectivity index (χ0v) is 14.6. The molecule has 0 saturated heterocycles. The van der Waals surface area contributed by atoms with Crippen LogP contribution in [0.5, 0.6) is 5.75 Å². The second-order valence-electron chi connectivity index (χ2n) is 3.86. The van der Waals surface area contributed by atoms with Gasteiger partial charge in [-0.15, -0.1) is 0 Å². The summed E-state index contributed by atoms with van der Waals surface area (Å²) in [6, 6.07) is 7.38. The van der Waals surface area contributed by atoms with Crippen molar-refractivity contribution < 1.29 is 9.53 Å². The molecular formula is C18H30N2O2. The van der Waals surface area contributed by atoms with Gasteiger partial charge in [-0.25, -0.2) is 0 Å². The summed E-state index contributed by atoms with van der Waals surface area (Å²) in [4.78, 5) is 12.3. The van der Waals surface area contributed by atoms with E-state index in [4.69, 9.17) is 10.5 Å². The fourth-order valence-electron chi connectivity index (χ4n) is 1.43. The van der Waals surface area contributed by atoms with Crippen LogP contribution in [0.4, 0.5) is 0 Å². The fraction of sp³-hybridized carbons (Fsp3) is 0.500. The quantitative estimate of drug-likeness (QED) is 0.648.